The van der Waals surface area contributed by atoms with Crippen molar-refractivity contribution in [1.82, 2.24) is 0 Å². The number of para-hydroxylation sites is 1. The lowest BCUT2D eigenvalue weighted by molar-refractivity contribution is -0.143. The van der Waals surface area contributed by atoms with Crippen molar-refractivity contribution in [2.45, 2.75) is 19.3 Å². The van der Waals surface area contributed by atoms with Crippen molar-refractivity contribution in [3.63, 3.8) is 0 Å². The van der Waals surface area contributed by atoms with Crippen LogP contribution in [0.25, 0.3) is 6.08 Å². The number of allylic oxidation sites excluding steroid dienone is 1. The molecule has 8 nitrogen and oxygen atoms in total. The SMILES string of the molecule is COC(=O)COc1ccccc1[C@@H]1CC(=O)Oc2ccc3c(c21)O/C(=C\c1ccc(C)o1)C3=O. The summed E-state index contributed by atoms with van der Waals surface area (Å²) in [7, 11) is 1.28. The molecule has 3 aromatic rings. The number of fused-ring (bicyclic) bond motifs is 3. The molecule has 0 radical (unpaired) electrons. The Hall–Kier alpha value is -4.33. The van der Waals surface area contributed by atoms with Gasteiger partial charge in [0.2, 0.25) is 5.78 Å². The van der Waals surface area contributed by atoms with E-state index in [4.69, 9.17) is 18.6 Å². The van der Waals surface area contributed by atoms with Crippen molar-refractivity contribution in [1.29, 1.82) is 0 Å². The van der Waals surface area contributed by atoms with E-state index >= 15 is 0 Å². The second-order valence-electron chi connectivity index (χ2n) is 7.88. The zero-order valence-electron chi connectivity index (χ0n) is 18.5. The van der Waals surface area contributed by atoms with Gasteiger partial charge in [-0.2, -0.15) is 0 Å². The zero-order chi connectivity index (χ0) is 23.8. The highest BCUT2D eigenvalue weighted by molar-refractivity contribution is 6.15. The first-order valence-electron chi connectivity index (χ1n) is 10.6. The van der Waals surface area contributed by atoms with E-state index in [9.17, 15) is 14.4 Å². The van der Waals surface area contributed by atoms with Crippen LogP contribution in [0.1, 0.15) is 45.3 Å². The quantitative estimate of drug-likeness (QED) is 0.317. The average Bonchev–Trinajstić information content (AvgIpc) is 3.39. The Kier molecular flexibility index (Phi) is 5.41. The molecule has 1 atom stereocenters. The number of esters is 2. The number of carbonyl (C=O) groups is 3. The summed E-state index contributed by atoms with van der Waals surface area (Å²) >= 11 is 0. The van der Waals surface area contributed by atoms with Crippen LogP contribution in [0.3, 0.4) is 0 Å². The number of carbonyl (C=O) groups excluding carboxylic acids is 3. The average molecular weight is 460 g/mol. The molecule has 2 aliphatic heterocycles. The highest BCUT2D eigenvalue weighted by Crippen LogP contribution is 2.50. The summed E-state index contributed by atoms with van der Waals surface area (Å²) in [6.07, 6.45) is 1.55. The first-order valence-corrected chi connectivity index (χ1v) is 10.6. The summed E-state index contributed by atoms with van der Waals surface area (Å²) < 4.78 is 27.4. The third-order valence-corrected chi connectivity index (χ3v) is 5.68. The van der Waals surface area contributed by atoms with Gasteiger partial charge in [-0.15, -0.1) is 0 Å². The van der Waals surface area contributed by atoms with E-state index in [-0.39, 0.29) is 24.6 Å². The number of hydrogen-bond acceptors (Lipinski definition) is 8. The maximum absolute atomic E-state index is 13.1. The van der Waals surface area contributed by atoms with Crippen LogP contribution >= 0.6 is 0 Å². The molecule has 1 aromatic heterocycles. The first-order chi connectivity index (χ1) is 16.4. The molecule has 0 spiro atoms. The topological polar surface area (TPSA) is 101 Å². The second kappa shape index (κ2) is 8.55. The predicted molar refractivity (Wildman–Crippen MR) is 119 cm³/mol. The Balaban J connectivity index is 1.58. The lowest BCUT2D eigenvalue weighted by Gasteiger charge is -2.27. The monoisotopic (exact) mass is 460 g/mol. The molecule has 0 bridgehead atoms. The molecular weight excluding hydrogens is 440 g/mol. The van der Waals surface area contributed by atoms with E-state index in [1.54, 1.807) is 54.6 Å². The summed E-state index contributed by atoms with van der Waals surface area (Å²) in [5.41, 5.74) is 1.59. The first kappa shape index (κ1) is 21.5. The van der Waals surface area contributed by atoms with Crippen molar-refractivity contribution in [2.75, 3.05) is 13.7 Å². The highest BCUT2D eigenvalue weighted by atomic mass is 16.6. The lowest BCUT2D eigenvalue weighted by Crippen LogP contribution is -2.22. The normalized spacial score (nSPS) is 17.6. The number of Topliss-reactive ketones (excluding diaryl/α,β-unsaturated/α-hetero) is 1. The van der Waals surface area contributed by atoms with Crippen LogP contribution in [0.2, 0.25) is 0 Å². The van der Waals surface area contributed by atoms with Gasteiger partial charge < -0.3 is 23.4 Å². The van der Waals surface area contributed by atoms with Crippen molar-refractivity contribution in [3.05, 3.63) is 82.5 Å². The summed E-state index contributed by atoms with van der Waals surface area (Å²) in [4.78, 5) is 37.1. The molecule has 0 aliphatic carbocycles. The van der Waals surface area contributed by atoms with Crippen LogP contribution in [0.5, 0.6) is 17.2 Å². The van der Waals surface area contributed by atoms with Gasteiger partial charge >= 0.3 is 11.9 Å². The van der Waals surface area contributed by atoms with E-state index in [0.717, 1.165) is 0 Å². The molecule has 0 fully saturated rings. The zero-order valence-corrected chi connectivity index (χ0v) is 18.5. The molecule has 5 rings (SSSR count). The maximum atomic E-state index is 13.1. The minimum atomic E-state index is -0.531. The summed E-state index contributed by atoms with van der Waals surface area (Å²) in [6.45, 7) is 1.53. The Morgan fingerprint density at radius 2 is 1.91 bits per heavy atom. The Morgan fingerprint density at radius 3 is 2.68 bits per heavy atom. The van der Waals surface area contributed by atoms with Crippen LogP contribution in [0.4, 0.5) is 0 Å². The summed E-state index contributed by atoms with van der Waals surface area (Å²) in [5, 5.41) is 0. The number of ketones is 1. The standard InChI is InChI=1S/C26H20O8/c1-14-7-8-15(32-14)11-21-25(29)17-9-10-20-24(26(17)34-21)18(12-22(27)33-20)16-5-3-4-6-19(16)31-13-23(28)30-2/h3-11,18H,12-13H2,1-2H3/b21-11-/t18-/m0/s1. The van der Waals surface area contributed by atoms with Crippen LogP contribution in [-0.4, -0.2) is 31.4 Å². The molecule has 0 unspecified atom stereocenters. The molecule has 3 heterocycles. The molecule has 2 aromatic carbocycles. The van der Waals surface area contributed by atoms with Gasteiger partial charge in [-0.25, -0.2) is 4.79 Å². The largest absolute Gasteiger partial charge is 0.482 e. The van der Waals surface area contributed by atoms with E-state index < -0.39 is 17.9 Å². The Morgan fingerprint density at radius 1 is 1.09 bits per heavy atom. The second-order valence-corrected chi connectivity index (χ2v) is 7.88. The van der Waals surface area contributed by atoms with Gasteiger partial charge in [0.15, 0.2) is 12.4 Å². The molecule has 2 aliphatic rings. The Bertz CT molecular complexity index is 1350. The molecule has 0 saturated carbocycles. The van der Waals surface area contributed by atoms with Gasteiger partial charge in [-0.1, -0.05) is 18.2 Å². The fraction of sp³-hybridized carbons (Fsp3) is 0.192. The van der Waals surface area contributed by atoms with Gasteiger partial charge in [0.05, 0.1) is 19.1 Å². The van der Waals surface area contributed by atoms with E-state index in [1.807, 2.05) is 6.92 Å². The third kappa shape index (κ3) is 3.83. The minimum absolute atomic E-state index is 0.00995. The molecule has 34 heavy (non-hydrogen) atoms. The van der Waals surface area contributed by atoms with Gasteiger partial charge in [0.1, 0.15) is 28.8 Å². The highest BCUT2D eigenvalue weighted by Gasteiger charge is 2.39. The number of benzene rings is 2. The van der Waals surface area contributed by atoms with Crippen molar-refractivity contribution in [3.8, 4) is 17.2 Å². The Labute approximate surface area is 194 Å². The molecule has 172 valence electrons. The molecule has 8 heteroatoms. The van der Waals surface area contributed by atoms with Crippen LogP contribution in [-0.2, 0) is 14.3 Å². The number of hydrogen-bond donors (Lipinski definition) is 0. The van der Waals surface area contributed by atoms with E-state index in [2.05, 4.69) is 4.74 Å². The van der Waals surface area contributed by atoms with Crippen molar-refractivity contribution >= 4 is 23.8 Å². The lowest BCUT2D eigenvalue weighted by atomic mass is 9.84. The number of methoxy groups -OCH3 is 1. The van der Waals surface area contributed by atoms with Gasteiger partial charge in [-0.05, 0) is 37.3 Å². The van der Waals surface area contributed by atoms with Crippen molar-refractivity contribution in [2.24, 2.45) is 0 Å². The maximum Gasteiger partial charge on any atom is 0.343 e. The van der Waals surface area contributed by atoms with Gasteiger partial charge in [-0.3, -0.25) is 9.59 Å². The number of ether oxygens (including phenoxy) is 4. The summed E-state index contributed by atoms with van der Waals surface area (Å²) in [6, 6.07) is 13.8. The van der Waals surface area contributed by atoms with Crippen LogP contribution < -0.4 is 14.2 Å². The smallest absolute Gasteiger partial charge is 0.343 e. The summed E-state index contributed by atoms with van der Waals surface area (Å²) in [5.74, 6) is 0.613. The fourth-order valence-electron chi connectivity index (χ4n) is 4.13. The van der Waals surface area contributed by atoms with E-state index in [0.29, 0.717) is 45.5 Å². The number of rotatable bonds is 5. The predicted octanol–water partition coefficient (Wildman–Crippen LogP) is 4.20. The van der Waals surface area contributed by atoms with Crippen LogP contribution in [0, 0.1) is 6.92 Å². The number of aryl methyl sites for hydroxylation is 1. The van der Waals surface area contributed by atoms with Gasteiger partial charge in [0.25, 0.3) is 0 Å². The fourth-order valence-corrected chi connectivity index (χ4v) is 4.13. The van der Waals surface area contributed by atoms with Gasteiger partial charge in [0, 0.05) is 23.1 Å². The third-order valence-electron chi connectivity index (χ3n) is 5.68. The minimum Gasteiger partial charge on any atom is -0.482 e. The molecule has 0 amide bonds. The van der Waals surface area contributed by atoms with E-state index in [1.165, 1.54) is 7.11 Å². The molecule has 0 N–H and O–H groups in total. The molecular formula is C26H20O8. The molecule has 0 saturated heterocycles. The van der Waals surface area contributed by atoms with Crippen molar-refractivity contribution < 1.29 is 37.7 Å². The number of furan rings is 1. The van der Waals surface area contributed by atoms with Crippen LogP contribution in [0.15, 0.2) is 58.7 Å².